The van der Waals surface area contributed by atoms with Gasteiger partial charge < -0.3 is 15.0 Å². The molecule has 3 rings (SSSR count). The number of hydrogen-bond donors (Lipinski definition) is 1. The zero-order valence-corrected chi connectivity index (χ0v) is 13.3. The molecule has 0 aliphatic carbocycles. The van der Waals surface area contributed by atoms with Crippen LogP contribution in [0.4, 0.5) is 4.39 Å². The molecule has 23 heavy (non-hydrogen) atoms. The standard InChI is InChI=1S/C17H21FN2O3/c1-10(2)17(22)20-8-13(11-3-5-12(18)6-4-11)16-14(20)7-19-15(21)9-23-16/h3-6,10,13-14,16H,7-9H2,1-2H3,(H,19,21)/t13-,14-,16-/m1/s1. The Hall–Kier alpha value is -1.95. The van der Waals surface area contributed by atoms with Crippen molar-refractivity contribution in [1.82, 2.24) is 10.2 Å². The molecule has 0 aromatic heterocycles. The largest absolute Gasteiger partial charge is 0.365 e. The zero-order valence-electron chi connectivity index (χ0n) is 13.3. The predicted molar refractivity (Wildman–Crippen MR) is 82.2 cm³/mol. The Bertz CT molecular complexity index is 602. The highest BCUT2D eigenvalue weighted by Gasteiger charge is 2.46. The lowest BCUT2D eigenvalue weighted by Gasteiger charge is -2.27. The Labute approximate surface area is 134 Å². The number of rotatable bonds is 2. The van der Waals surface area contributed by atoms with Crippen molar-refractivity contribution in [2.75, 3.05) is 19.7 Å². The van der Waals surface area contributed by atoms with Crippen molar-refractivity contribution < 1.29 is 18.7 Å². The average molecular weight is 320 g/mol. The van der Waals surface area contributed by atoms with Crippen LogP contribution in [0.5, 0.6) is 0 Å². The summed E-state index contributed by atoms with van der Waals surface area (Å²) < 4.78 is 19.0. The number of nitrogens with one attached hydrogen (secondary N) is 1. The molecule has 3 atom stereocenters. The summed E-state index contributed by atoms with van der Waals surface area (Å²) in [5, 5.41) is 2.80. The Morgan fingerprint density at radius 1 is 1.35 bits per heavy atom. The van der Waals surface area contributed by atoms with E-state index in [2.05, 4.69) is 5.32 Å². The Balaban J connectivity index is 1.92. The van der Waals surface area contributed by atoms with E-state index in [9.17, 15) is 14.0 Å². The molecule has 2 aliphatic rings. The van der Waals surface area contributed by atoms with Gasteiger partial charge in [-0.2, -0.15) is 0 Å². The van der Waals surface area contributed by atoms with Crippen molar-refractivity contribution in [3.8, 4) is 0 Å². The van der Waals surface area contributed by atoms with Crippen molar-refractivity contribution in [3.63, 3.8) is 0 Å². The van der Waals surface area contributed by atoms with Crippen LogP contribution in [0.2, 0.25) is 0 Å². The average Bonchev–Trinajstić information content (AvgIpc) is 2.78. The number of ether oxygens (including phenoxy) is 1. The summed E-state index contributed by atoms with van der Waals surface area (Å²) in [6.07, 6.45) is -0.262. The second kappa shape index (κ2) is 6.28. The summed E-state index contributed by atoms with van der Waals surface area (Å²) in [6, 6.07) is 6.09. The van der Waals surface area contributed by atoms with Crippen LogP contribution >= 0.6 is 0 Å². The van der Waals surface area contributed by atoms with Gasteiger partial charge in [-0.3, -0.25) is 9.59 Å². The van der Waals surface area contributed by atoms with Crippen LogP contribution in [0.1, 0.15) is 25.3 Å². The number of hydrogen-bond acceptors (Lipinski definition) is 3. The normalized spacial score (nSPS) is 27.6. The molecular formula is C17H21FN2O3. The molecule has 0 bridgehead atoms. The summed E-state index contributed by atoms with van der Waals surface area (Å²) in [5.74, 6) is -0.604. The van der Waals surface area contributed by atoms with Crippen molar-refractivity contribution >= 4 is 11.8 Å². The van der Waals surface area contributed by atoms with E-state index < -0.39 is 0 Å². The molecule has 6 heteroatoms. The molecule has 1 aromatic carbocycles. The van der Waals surface area contributed by atoms with Crippen molar-refractivity contribution in [2.45, 2.75) is 31.9 Å². The number of amides is 2. The van der Waals surface area contributed by atoms with Gasteiger partial charge >= 0.3 is 0 Å². The monoisotopic (exact) mass is 320 g/mol. The third-order valence-electron chi connectivity index (χ3n) is 4.56. The first-order chi connectivity index (χ1) is 11.0. The number of carbonyl (C=O) groups excluding carboxylic acids is 2. The molecule has 2 fully saturated rings. The third-order valence-corrected chi connectivity index (χ3v) is 4.56. The van der Waals surface area contributed by atoms with Crippen LogP contribution in [-0.4, -0.2) is 48.6 Å². The fraction of sp³-hybridized carbons (Fsp3) is 0.529. The molecule has 0 unspecified atom stereocenters. The predicted octanol–water partition coefficient (Wildman–Crippen LogP) is 1.29. The highest BCUT2D eigenvalue weighted by molar-refractivity contribution is 5.80. The molecule has 1 N–H and O–H groups in total. The third kappa shape index (κ3) is 3.08. The molecule has 1 aromatic rings. The lowest BCUT2D eigenvalue weighted by atomic mass is 9.93. The molecular weight excluding hydrogens is 299 g/mol. The minimum atomic E-state index is -0.294. The number of likely N-dealkylation sites (tertiary alicyclic amines) is 1. The van der Waals surface area contributed by atoms with Gasteiger partial charge in [-0.15, -0.1) is 0 Å². The minimum absolute atomic E-state index is 0.0113. The Morgan fingerprint density at radius 2 is 2.04 bits per heavy atom. The molecule has 0 radical (unpaired) electrons. The number of nitrogens with zero attached hydrogens (tertiary/aromatic N) is 1. The summed E-state index contributed by atoms with van der Waals surface area (Å²) >= 11 is 0. The van der Waals surface area contributed by atoms with Crippen LogP contribution in [0.3, 0.4) is 0 Å². The highest BCUT2D eigenvalue weighted by atomic mass is 19.1. The van der Waals surface area contributed by atoms with E-state index >= 15 is 0 Å². The number of halogens is 1. The van der Waals surface area contributed by atoms with Gasteiger partial charge in [0.2, 0.25) is 11.8 Å². The van der Waals surface area contributed by atoms with Gasteiger partial charge in [0, 0.05) is 24.9 Å². The maximum Gasteiger partial charge on any atom is 0.246 e. The Kier molecular flexibility index (Phi) is 4.35. The molecule has 2 aliphatic heterocycles. The van der Waals surface area contributed by atoms with E-state index in [0.29, 0.717) is 13.1 Å². The summed E-state index contributed by atoms with van der Waals surface area (Å²) in [6.45, 7) is 4.62. The second-order valence-electron chi connectivity index (χ2n) is 6.45. The van der Waals surface area contributed by atoms with Crippen molar-refractivity contribution in [3.05, 3.63) is 35.6 Å². The van der Waals surface area contributed by atoms with Crippen LogP contribution in [0.15, 0.2) is 24.3 Å². The summed E-state index contributed by atoms with van der Waals surface area (Å²) in [5.41, 5.74) is 0.926. The van der Waals surface area contributed by atoms with Gasteiger partial charge in [0.1, 0.15) is 12.4 Å². The maximum absolute atomic E-state index is 13.2. The fourth-order valence-electron chi connectivity index (χ4n) is 3.38. The van der Waals surface area contributed by atoms with Gasteiger partial charge in [-0.05, 0) is 17.7 Å². The van der Waals surface area contributed by atoms with Gasteiger partial charge in [-0.1, -0.05) is 26.0 Å². The number of carbonyl (C=O) groups is 2. The molecule has 0 saturated carbocycles. The van der Waals surface area contributed by atoms with Crippen LogP contribution < -0.4 is 5.32 Å². The number of fused-ring (bicyclic) bond motifs is 1. The van der Waals surface area contributed by atoms with E-state index in [1.165, 1.54) is 12.1 Å². The van der Waals surface area contributed by atoms with E-state index in [0.717, 1.165) is 5.56 Å². The molecule has 0 spiro atoms. The van der Waals surface area contributed by atoms with Gasteiger partial charge in [0.25, 0.3) is 0 Å². The maximum atomic E-state index is 13.2. The van der Waals surface area contributed by atoms with E-state index in [-0.39, 0.29) is 48.2 Å². The number of benzene rings is 1. The lowest BCUT2D eigenvalue weighted by molar-refractivity contribution is -0.136. The molecule has 5 nitrogen and oxygen atoms in total. The van der Waals surface area contributed by atoms with Crippen molar-refractivity contribution in [2.24, 2.45) is 5.92 Å². The first-order valence-corrected chi connectivity index (χ1v) is 7.91. The smallest absolute Gasteiger partial charge is 0.246 e. The molecule has 2 saturated heterocycles. The van der Waals surface area contributed by atoms with Gasteiger partial charge in [0.05, 0.1) is 12.1 Å². The van der Waals surface area contributed by atoms with E-state index in [1.807, 2.05) is 13.8 Å². The SMILES string of the molecule is CC(C)C(=O)N1C[C@H](c2ccc(F)cc2)[C@H]2OCC(=O)NC[C@H]21. The quantitative estimate of drug-likeness (QED) is 0.893. The second-order valence-corrected chi connectivity index (χ2v) is 6.45. The lowest BCUT2D eigenvalue weighted by Crippen LogP contribution is -2.46. The molecule has 2 heterocycles. The van der Waals surface area contributed by atoms with E-state index in [4.69, 9.17) is 4.74 Å². The molecule has 124 valence electrons. The van der Waals surface area contributed by atoms with E-state index in [1.54, 1.807) is 17.0 Å². The molecule has 2 amide bonds. The zero-order chi connectivity index (χ0) is 16.6. The first-order valence-electron chi connectivity index (χ1n) is 7.91. The van der Waals surface area contributed by atoms with Gasteiger partial charge in [0.15, 0.2) is 0 Å². The van der Waals surface area contributed by atoms with Crippen molar-refractivity contribution in [1.29, 1.82) is 0 Å². The van der Waals surface area contributed by atoms with Crippen LogP contribution in [0.25, 0.3) is 0 Å². The highest BCUT2D eigenvalue weighted by Crippen LogP contribution is 2.35. The summed E-state index contributed by atoms with van der Waals surface area (Å²) in [7, 11) is 0. The topological polar surface area (TPSA) is 58.6 Å². The van der Waals surface area contributed by atoms with Gasteiger partial charge in [-0.25, -0.2) is 4.39 Å². The van der Waals surface area contributed by atoms with Crippen LogP contribution in [-0.2, 0) is 14.3 Å². The summed E-state index contributed by atoms with van der Waals surface area (Å²) in [4.78, 5) is 25.9. The first kappa shape index (κ1) is 15.9. The minimum Gasteiger partial charge on any atom is -0.365 e. The fourth-order valence-corrected chi connectivity index (χ4v) is 3.38. The van der Waals surface area contributed by atoms with Crippen LogP contribution in [0, 0.1) is 11.7 Å². The Morgan fingerprint density at radius 3 is 2.70 bits per heavy atom.